The van der Waals surface area contributed by atoms with E-state index in [-0.39, 0.29) is 29.8 Å². The molecule has 126 valence electrons. The van der Waals surface area contributed by atoms with E-state index in [2.05, 4.69) is 41.5 Å². The Morgan fingerprint density at radius 1 is 1.30 bits per heavy atom. The van der Waals surface area contributed by atoms with Gasteiger partial charge in [-0.3, -0.25) is 4.79 Å². The molecule has 0 aliphatic rings. The normalized spacial score (nSPS) is 12.3. The van der Waals surface area contributed by atoms with Crippen LogP contribution in [0.4, 0.5) is 5.13 Å². The van der Waals surface area contributed by atoms with Crippen LogP contribution in [0.25, 0.3) is 0 Å². The Hall–Kier alpha value is -1.50. The van der Waals surface area contributed by atoms with Crippen LogP contribution in [0.2, 0.25) is 0 Å². The largest absolute Gasteiger partial charge is 0.328 e. The van der Waals surface area contributed by atoms with Crippen molar-refractivity contribution < 1.29 is 4.79 Å². The summed E-state index contributed by atoms with van der Waals surface area (Å²) in [6.45, 7) is 6.09. The summed E-state index contributed by atoms with van der Waals surface area (Å²) in [5, 5.41) is 12.5. The van der Waals surface area contributed by atoms with Crippen LogP contribution in [0, 0.1) is 0 Å². The fourth-order valence-electron chi connectivity index (χ4n) is 2.05. The van der Waals surface area contributed by atoms with Crippen molar-refractivity contribution >= 4 is 34.8 Å². The zero-order valence-electron chi connectivity index (χ0n) is 13.6. The summed E-state index contributed by atoms with van der Waals surface area (Å²) in [5.41, 5.74) is 6.58. The molecule has 5 nitrogen and oxygen atoms in total. The van der Waals surface area contributed by atoms with Gasteiger partial charge in [0.05, 0.1) is 0 Å². The first kappa shape index (κ1) is 19.5. The van der Waals surface area contributed by atoms with Crippen molar-refractivity contribution in [3.05, 3.63) is 40.9 Å². The van der Waals surface area contributed by atoms with Gasteiger partial charge in [-0.1, -0.05) is 41.7 Å². The molecule has 2 rings (SSSR count). The molecule has 0 fully saturated rings. The predicted octanol–water partition coefficient (Wildman–Crippen LogP) is 3.35. The first-order valence-electron chi connectivity index (χ1n) is 7.34. The SMILES string of the molecule is CC(N)CCC(=O)Nc1nnc(C(C)(C)c2ccccc2)s1.Cl. The lowest BCUT2D eigenvalue weighted by molar-refractivity contribution is -0.116. The van der Waals surface area contributed by atoms with E-state index in [4.69, 9.17) is 5.73 Å². The van der Waals surface area contributed by atoms with E-state index in [0.29, 0.717) is 18.0 Å². The van der Waals surface area contributed by atoms with E-state index in [1.807, 2.05) is 25.1 Å². The Morgan fingerprint density at radius 2 is 1.96 bits per heavy atom. The summed E-state index contributed by atoms with van der Waals surface area (Å²) in [7, 11) is 0. The summed E-state index contributed by atoms with van der Waals surface area (Å²) in [6, 6.07) is 10.2. The molecule has 7 heteroatoms. The molecule has 0 bridgehead atoms. The van der Waals surface area contributed by atoms with Crippen LogP contribution >= 0.6 is 23.7 Å². The highest BCUT2D eigenvalue weighted by Gasteiger charge is 2.27. The highest BCUT2D eigenvalue weighted by Crippen LogP contribution is 2.34. The highest BCUT2D eigenvalue weighted by atomic mass is 35.5. The molecule has 1 heterocycles. The third-order valence-corrected chi connectivity index (χ3v) is 4.69. The molecule has 0 saturated heterocycles. The molecular weight excluding hydrogens is 332 g/mol. The molecule has 1 aromatic heterocycles. The molecule has 0 spiro atoms. The molecule has 1 aromatic carbocycles. The van der Waals surface area contributed by atoms with E-state index in [1.165, 1.54) is 16.9 Å². The molecule has 0 aliphatic heterocycles. The Balaban J connectivity index is 0.00000264. The topological polar surface area (TPSA) is 80.9 Å². The van der Waals surface area contributed by atoms with Gasteiger partial charge in [0.1, 0.15) is 5.01 Å². The zero-order chi connectivity index (χ0) is 16.2. The summed E-state index contributed by atoms with van der Waals surface area (Å²) < 4.78 is 0. The number of nitrogens with zero attached hydrogens (tertiary/aromatic N) is 2. The van der Waals surface area contributed by atoms with Crippen LogP contribution in [-0.2, 0) is 10.2 Å². The van der Waals surface area contributed by atoms with E-state index in [1.54, 1.807) is 0 Å². The van der Waals surface area contributed by atoms with Crippen LogP contribution in [0.3, 0.4) is 0 Å². The third-order valence-electron chi connectivity index (χ3n) is 3.53. The first-order chi connectivity index (χ1) is 10.4. The molecular formula is C16H23ClN4OS. The van der Waals surface area contributed by atoms with Crippen molar-refractivity contribution in [2.45, 2.75) is 45.1 Å². The van der Waals surface area contributed by atoms with Crippen LogP contribution < -0.4 is 11.1 Å². The van der Waals surface area contributed by atoms with Gasteiger partial charge in [0, 0.05) is 17.9 Å². The minimum absolute atomic E-state index is 0. The number of rotatable bonds is 6. The van der Waals surface area contributed by atoms with Gasteiger partial charge in [-0.15, -0.1) is 22.6 Å². The van der Waals surface area contributed by atoms with Gasteiger partial charge in [0.25, 0.3) is 0 Å². The molecule has 0 saturated carbocycles. The Bertz CT molecular complexity index is 628. The lowest BCUT2D eigenvalue weighted by atomic mass is 9.85. The van der Waals surface area contributed by atoms with Gasteiger partial charge in [-0.25, -0.2) is 0 Å². The number of nitrogens with one attached hydrogen (secondary N) is 1. The Kier molecular flexibility index (Phi) is 7.12. The molecule has 1 unspecified atom stereocenters. The van der Waals surface area contributed by atoms with E-state index < -0.39 is 0 Å². The fourth-order valence-corrected chi connectivity index (χ4v) is 2.93. The van der Waals surface area contributed by atoms with Crippen molar-refractivity contribution in [1.82, 2.24) is 10.2 Å². The zero-order valence-corrected chi connectivity index (χ0v) is 15.2. The van der Waals surface area contributed by atoms with Crippen LogP contribution in [-0.4, -0.2) is 22.1 Å². The van der Waals surface area contributed by atoms with Crippen molar-refractivity contribution in [2.24, 2.45) is 5.73 Å². The summed E-state index contributed by atoms with van der Waals surface area (Å²) in [4.78, 5) is 11.8. The van der Waals surface area contributed by atoms with E-state index in [9.17, 15) is 4.79 Å². The first-order valence-corrected chi connectivity index (χ1v) is 8.16. The number of amides is 1. The summed E-state index contributed by atoms with van der Waals surface area (Å²) >= 11 is 1.41. The Labute approximate surface area is 147 Å². The second-order valence-corrected chi connectivity index (χ2v) is 6.95. The highest BCUT2D eigenvalue weighted by molar-refractivity contribution is 7.15. The minimum atomic E-state index is -0.242. The van der Waals surface area contributed by atoms with Gasteiger partial charge in [0.15, 0.2) is 0 Å². The Morgan fingerprint density at radius 3 is 2.57 bits per heavy atom. The molecule has 0 aliphatic carbocycles. The van der Waals surface area contributed by atoms with Crippen LogP contribution in [0.5, 0.6) is 0 Å². The monoisotopic (exact) mass is 354 g/mol. The number of anilines is 1. The number of aromatic nitrogens is 2. The van der Waals surface area contributed by atoms with Gasteiger partial charge >= 0.3 is 0 Å². The second kappa shape index (κ2) is 8.38. The van der Waals surface area contributed by atoms with Gasteiger partial charge in [0.2, 0.25) is 11.0 Å². The number of hydrogen-bond acceptors (Lipinski definition) is 5. The quantitative estimate of drug-likeness (QED) is 0.833. The van der Waals surface area contributed by atoms with Crippen LogP contribution in [0.1, 0.15) is 44.2 Å². The van der Waals surface area contributed by atoms with E-state index in [0.717, 1.165) is 5.01 Å². The van der Waals surface area contributed by atoms with Gasteiger partial charge in [-0.05, 0) is 32.8 Å². The average Bonchev–Trinajstić information content (AvgIpc) is 2.95. The number of nitrogens with two attached hydrogens (primary N) is 1. The van der Waals surface area contributed by atoms with Crippen molar-refractivity contribution in [3.63, 3.8) is 0 Å². The van der Waals surface area contributed by atoms with Gasteiger partial charge < -0.3 is 11.1 Å². The number of benzene rings is 1. The molecule has 23 heavy (non-hydrogen) atoms. The molecule has 0 radical (unpaired) electrons. The molecule has 1 atom stereocenters. The van der Waals surface area contributed by atoms with Gasteiger partial charge in [-0.2, -0.15) is 0 Å². The van der Waals surface area contributed by atoms with Crippen LogP contribution in [0.15, 0.2) is 30.3 Å². The number of halogens is 1. The lowest BCUT2D eigenvalue weighted by Gasteiger charge is -2.21. The molecule has 3 N–H and O–H groups in total. The molecule has 2 aromatic rings. The van der Waals surface area contributed by atoms with Crippen molar-refractivity contribution in [3.8, 4) is 0 Å². The maximum atomic E-state index is 11.8. The molecule has 1 amide bonds. The smallest absolute Gasteiger partial charge is 0.226 e. The number of carbonyl (C=O) groups excluding carboxylic acids is 1. The third kappa shape index (κ3) is 5.27. The summed E-state index contributed by atoms with van der Waals surface area (Å²) in [6.07, 6.45) is 1.06. The number of hydrogen-bond donors (Lipinski definition) is 2. The predicted molar refractivity (Wildman–Crippen MR) is 97.2 cm³/mol. The fraction of sp³-hybridized carbons (Fsp3) is 0.438. The minimum Gasteiger partial charge on any atom is -0.328 e. The average molecular weight is 355 g/mol. The standard InChI is InChI=1S/C16H22N4OS.ClH/c1-11(17)9-10-13(21)18-15-20-19-14(22-15)16(2,3)12-7-5-4-6-8-12;/h4-8,11H,9-10,17H2,1-3H3,(H,18,20,21);1H. The number of carbonyl (C=O) groups is 1. The maximum absolute atomic E-state index is 11.8. The van der Waals surface area contributed by atoms with Crippen molar-refractivity contribution in [2.75, 3.05) is 5.32 Å². The van der Waals surface area contributed by atoms with Crippen molar-refractivity contribution in [1.29, 1.82) is 0 Å². The summed E-state index contributed by atoms with van der Waals surface area (Å²) in [5.74, 6) is -0.0717. The maximum Gasteiger partial charge on any atom is 0.226 e. The second-order valence-electron chi connectivity index (χ2n) is 5.97. The van der Waals surface area contributed by atoms with E-state index >= 15 is 0 Å². The lowest BCUT2D eigenvalue weighted by Crippen LogP contribution is -2.19.